The molecule has 3 nitrogen and oxygen atoms in total. The van der Waals surface area contributed by atoms with Crippen molar-refractivity contribution in [3.63, 3.8) is 0 Å². The van der Waals surface area contributed by atoms with Crippen molar-refractivity contribution in [1.82, 2.24) is 10.3 Å². The second-order valence-electron chi connectivity index (χ2n) is 4.75. The molecule has 106 valence electrons. The van der Waals surface area contributed by atoms with Crippen LogP contribution in [0.2, 0.25) is 0 Å². The zero-order valence-corrected chi connectivity index (χ0v) is 12.9. The second kappa shape index (κ2) is 6.81. The largest absolute Gasteiger partial charge is 0.439 e. The molecule has 0 unspecified atom stereocenters. The Kier molecular flexibility index (Phi) is 5.09. The summed E-state index contributed by atoms with van der Waals surface area (Å²) in [7, 11) is 0. The predicted octanol–water partition coefficient (Wildman–Crippen LogP) is 4.27. The number of benzene rings is 1. The maximum atomic E-state index is 13.3. The van der Waals surface area contributed by atoms with Crippen molar-refractivity contribution < 1.29 is 9.13 Å². The van der Waals surface area contributed by atoms with Gasteiger partial charge in [-0.1, -0.05) is 29.8 Å². The van der Waals surface area contributed by atoms with E-state index < -0.39 is 0 Å². The van der Waals surface area contributed by atoms with E-state index in [1.165, 1.54) is 12.1 Å². The van der Waals surface area contributed by atoms with Crippen LogP contribution in [0.4, 0.5) is 4.39 Å². The van der Waals surface area contributed by atoms with Crippen molar-refractivity contribution in [3.8, 4) is 11.6 Å². The van der Waals surface area contributed by atoms with Crippen LogP contribution in [0.5, 0.6) is 11.6 Å². The first-order valence-corrected chi connectivity index (χ1v) is 7.14. The van der Waals surface area contributed by atoms with Crippen LogP contribution in [-0.2, 0) is 6.54 Å². The average Bonchev–Trinajstić information content (AvgIpc) is 2.35. The molecule has 0 aliphatic heterocycles. The number of halogens is 2. The molecule has 2 rings (SSSR count). The fourth-order valence-corrected chi connectivity index (χ4v) is 2.09. The van der Waals surface area contributed by atoms with E-state index in [0.29, 0.717) is 22.1 Å². The van der Waals surface area contributed by atoms with Gasteiger partial charge in [0.25, 0.3) is 0 Å². The summed E-state index contributed by atoms with van der Waals surface area (Å²) in [5, 5.41) is 3.32. The van der Waals surface area contributed by atoms with Crippen molar-refractivity contribution >= 4 is 15.9 Å². The Balaban J connectivity index is 2.11. The number of aromatic nitrogens is 1. The fraction of sp³-hybridized carbons (Fsp3) is 0.267. The van der Waals surface area contributed by atoms with E-state index in [1.807, 2.05) is 12.1 Å². The Morgan fingerprint density at radius 1 is 1.30 bits per heavy atom. The summed E-state index contributed by atoms with van der Waals surface area (Å²) >= 11 is 3.23. The van der Waals surface area contributed by atoms with Gasteiger partial charge in [-0.2, -0.15) is 0 Å². The molecule has 0 amide bonds. The highest BCUT2D eigenvalue weighted by molar-refractivity contribution is 9.10. The molecule has 0 atom stereocenters. The minimum atomic E-state index is -0.355. The van der Waals surface area contributed by atoms with E-state index in [0.717, 1.165) is 12.1 Å². The van der Waals surface area contributed by atoms with Crippen LogP contribution in [0.1, 0.15) is 19.4 Å². The number of hydrogen-bond donors (Lipinski definition) is 1. The van der Waals surface area contributed by atoms with Gasteiger partial charge in [-0.3, -0.25) is 0 Å². The molecule has 1 heterocycles. The predicted molar refractivity (Wildman–Crippen MR) is 80.4 cm³/mol. The fourth-order valence-electron chi connectivity index (χ4n) is 1.65. The number of ether oxygens (including phenoxy) is 1. The summed E-state index contributed by atoms with van der Waals surface area (Å²) in [6.45, 7) is 4.91. The molecule has 0 aliphatic rings. The molecule has 0 bridgehead atoms. The molecule has 1 aromatic heterocycles. The number of rotatable bonds is 5. The normalized spacial score (nSPS) is 10.8. The van der Waals surface area contributed by atoms with E-state index >= 15 is 0 Å². The SMILES string of the molecule is CC(C)NCc1ccnc(Oc2cc(F)cc(Br)c2)c1. The summed E-state index contributed by atoms with van der Waals surface area (Å²) in [4.78, 5) is 4.13. The highest BCUT2D eigenvalue weighted by Gasteiger charge is 2.04. The van der Waals surface area contributed by atoms with Gasteiger partial charge in [0, 0.05) is 35.4 Å². The minimum absolute atomic E-state index is 0.355. The lowest BCUT2D eigenvalue weighted by molar-refractivity contribution is 0.456. The molecule has 0 saturated carbocycles. The number of pyridine rings is 1. The van der Waals surface area contributed by atoms with Gasteiger partial charge in [-0.25, -0.2) is 9.37 Å². The number of nitrogens with one attached hydrogen (secondary N) is 1. The van der Waals surface area contributed by atoms with Crippen molar-refractivity contribution in [2.45, 2.75) is 26.4 Å². The zero-order chi connectivity index (χ0) is 14.5. The van der Waals surface area contributed by atoms with E-state index in [9.17, 15) is 4.39 Å². The van der Waals surface area contributed by atoms with E-state index in [1.54, 1.807) is 12.3 Å². The molecule has 20 heavy (non-hydrogen) atoms. The van der Waals surface area contributed by atoms with Gasteiger partial charge in [0.05, 0.1) is 0 Å². The van der Waals surface area contributed by atoms with Crippen LogP contribution in [0.15, 0.2) is 41.0 Å². The van der Waals surface area contributed by atoms with Gasteiger partial charge < -0.3 is 10.1 Å². The van der Waals surface area contributed by atoms with Crippen molar-refractivity contribution in [2.75, 3.05) is 0 Å². The van der Waals surface area contributed by atoms with Crippen LogP contribution in [0.25, 0.3) is 0 Å². The van der Waals surface area contributed by atoms with Crippen molar-refractivity contribution in [2.24, 2.45) is 0 Å². The van der Waals surface area contributed by atoms with Crippen LogP contribution < -0.4 is 10.1 Å². The Labute approximate surface area is 126 Å². The average molecular weight is 339 g/mol. The van der Waals surface area contributed by atoms with Crippen molar-refractivity contribution in [1.29, 1.82) is 0 Å². The standard InChI is InChI=1S/C15H16BrFN2O/c1-10(2)19-9-11-3-4-18-15(5-11)20-14-7-12(16)6-13(17)8-14/h3-8,10,19H,9H2,1-2H3. The molecular weight excluding hydrogens is 323 g/mol. The van der Waals surface area contributed by atoms with Crippen LogP contribution in [0, 0.1) is 5.82 Å². The summed E-state index contributed by atoms with van der Waals surface area (Å²) < 4.78 is 19.5. The highest BCUT2D eigenvalue weighted by atomic mass is 79.9. The Hall–Kier alpha value is -1.46. The quantitative estimate of drug-likeness (QED) is 0.883. The smallest absolute Gasteiger partial charge is 0.219 e. The summed E-state index contributed by atoms with van der Waals surface area (Å²) in [6.07, 6.45) is 1.68. The molecule has 5 heteroatoms. The minimum Gasteiger partial charge on any atom is -0.439 e. The van der Waals surface area contributed by atoms with E-state index in [4.69, 9.17) is 4.74 Å². The summed E-state index contributed by atoms with van der Waals surface area (Å²) in [5.74, 6) is 0.510. The first-order chi connectivity index (χ1) is 9.52. The number of hydrogen-bond acceptors (Lipinski definition) is 3. The molecule has 0 fully saturated rings. The molecule has 0 spiro atoms. The molecule has 1 N–H and O–H groups in total. The Bertz CT molecular complexity index is 570. The number of nitrogens with zero attached hydrogens (tertiary/aromatic N) is 1. The topological polar surface area (TPSA) is 34.2 Å². The highest BCUT2D eigenvalue weighted by Crippen LogP contribution is 2.25. The lowest BCUT2D eigenvalue weighted by Gasteiger charge is -2.10. The van der Waals surface area contributed by atoms with Gasteiger partial charge in [-0.15, -0.1) is 0 Å². The molecule has 1 aromatic carbocycles. The molecule has 0 saturated heterocycles. The third-order valence-corrected chi connectivity index (χ3v) is 3.03. The molecular formula is C15H16BrFN2O. The van der Waals surface area contributed by atoms with Crippen LogP contribution >= 0.6 is 15.9 Å². The Morgan fingerprint density at radius 3 is 2.80 bits per heavy atom. The van der Waals surface area contributed by atoms with Gasteiger partial charge >= 0.3 is 0 Å². The van der Waals surface area contributed by atoms with Gasteiger partial charge in [0.15, 0.2) is 0 Å². The second-order valence-corrected chi connectivity index (χ2v) is 5.66. The molecule has 2 aromatic rings. The maximum Gasteiger partial charge on any atom is 0.219 e. The maximum absolute atomic E-state index is 13.3. The lowest BCUT2D eigenvalue weighted by atomic mass is 10.2. The van der Waals surface area contributed by atoms with Crippen molar-refractivity contribution in [3.05, 3.63) is 52.4 Å². The molecule has 0 aliphatic carbocycles. The van der Waals surface area contributed by atoms with E-state index in [-0.39, 0.29) is 5.82 Å². The van der Waals surface area contributed by atoms with Gasteiger partial charge in [-0.05, 0) is 23.8 Å². The van der Waals surface area contributed by atoms with Crippen LogP contribution in [0.3, 0.4) is 0 Å². The first kappa shape index (κ1) is 14.9. The monoisotopic (exact) mass is 338 g/mol. The third kappa shape index (κ3) is 4.58. The summed E-state index contributed by atoms with van der Waals surface area (Å²) in [5.41, 5.74) is 1.07. The summed E-state index contributed by atoms with van der Waals surface area (Å²) in [6, 6.07) is 8.57. The van der Waals surface area contributed by atoms with Gasteiger partial charge in [0.1, 0.15) is 11.6 Å². The van der Waals surface area contributed by atoms with Crippen LogP contribution in [-0.4, -0.2) is 11.0 Å². The lowest BCUT2D eigenvalue weighted by Crippen LogP contribution is -2.21. The zero-order valence-electron chi connectivity index (χ0n) is 11.4. The molecule has 0 radical (unpaired) electrons. The Morgan fingerprint density at radius 2 is 2.10 bits per heavy atom. The van der Waals surface area contributed by atoms with Gasteiger partial charge in [0.2, 0.25) is 5.88 Å². The third-order valence-electron chi connectivity index (χ3n) is 2.57. The van der Waals surface area contributed by atoms with E-state index in [2.05, 4.69) is 40.1 Å². The first-order valence-electron chi connectivity index (χ1n) is 6.35.